The third-order valence-corrected chi connectivity index (χ3v) is 3.10. The highest BCUT2D eigenvalue weighted by Crippen LogP contribution is 2.24. The first-order chi connectivity index (χ1) is 8.16. The molecular weight excluding hydrogens is 220 g/mol. The van der Waals surface area contributed by atoms with Crippen molar-refractivity contribution in [2.24, 2.45) is 11.7 Å². The van der Waals surface area contributed by atoms with Crippen molar-refractivity contribution >= 4 is 0 Å². The van der Waals surface area contributed by atoms with E-state index >= 15 is 0 Å². The third kappa shape index (κ3) is 5.26. The Kier molecular flexibility index (Phi) is 6.53. The zero-order valence-corrected chi connectivity index (χ0v) is 12.7. The summed E-state index contributed by atoms with van der Waals surface area (Å²) in [6.45, 7) is 20.2. The van der Waals surface area contributed by atoms with Crippen LogP contribution < -0.4 is 11.1 Å². The molecule has 0 aromatic heterocycles. The van der Waals surface area contributed by atoms with Crippen LogP contribution >= 0.6 is 0 Å². The van der Waals surface area contributed by atoms with E-state index in [4.69, 9.17) is 5.73 Å². The van der Waals surface area contributed by atoms with Crippen molar-refractivity contribution in [2.75, 3.05) is 0 Å². The number of hydrogen-bond donors (Lipinski definition) is 2. The average Bonchev–Trinajstić information content (AvgIpc) is 2.22. The SMILES string of the molecule is C=C(C)NC(C)C(C=C(C)C)/C(C)=C(/C)C(=C)N. The number of nitrogens with two attached hydrogens (primary N) is 1. The summed E-state index contributed by atoms with van der Waals surface area (Å²) in [4.78, 5) is 0. The Balaban J connectivity index is 5.37. The standard InChI is InChI=1S/C16H28N2/c1-10(2)9-16(15(8)18-11(3)4)13(6)12(5)14(7)17/h9,15-16,18H,3,7,17H2,1-2,4-6,8H3/b13-12-. The van der Waals surface area contributed by atoms with Gasteiger partial charge in [0, 0.05) is 23.4 Å². The largest absolute Gasteiger partial charge is 0.399 e. The molecule has 102 valence electrons. The molecule has 0 aliphatic carbocycles. The van der Waals surface area contributed by atoms with E-state index in [0.29, 0.717) is 11.6 Å². The molecule has 2 heteroatoms. The molecule has 0 aromatic rings. The monoisotopic (exact) mass is 248 g/mol. The van der Waals surface area contributed by atoms with Crippen molar-refractivity contribution in [3.05, 3.63) is 47.3 Å². The lowest BCUT2D eigenvalue weighted by Gasteiger charge is -2.26. The molecule has 2 nitrogen and oxygen atoms in total. The molecule has 2 atom stereocenters. The topological polar surface area (TPSA) is 38.0 Å². The average molecular weight is 248 g/mol. The van der Waals surface area contributed by atoms with Crippen molar-refractivity contribution in [1.29, 1.82) is 0 Å². The molecule has 0 aliphatic rings. The first-order valence-corrected chi connectivity index (χ1v) is 6.36. The highest BCUT2D eigenvalue weighted by atomic mass is 14.9. The molecule has 0 saturated heterocycles. The van der Waals surface area contributed by atoms with Gasteiger partial charge in [-0.15, -0.1) is 0 Å². The van der Waals surface area contributed by atoms with Crippen molar-refractivity contribution in [3.8, 4) is 0 Å². The van der Waals surface area contributed by atoms with Crippen molar-refractivity contribution in [1.82, 2.24) is 5.32 Å². The van der Waals surface area contributed by atoms with E-state index in [1.165, 1.54) is 11.1 Å². The lowest BCUT2D eigenvalue weighted by molar-refractivity contribution is 0.516. The van der Waals surface area contributed by atoms with Gasteiger partial charge in [0.25, 0.3) is 0 Å². The van der Waals surface area contributed by atoms with Crippen LogP contribution in [-0.4, -0.2) is 6.04 Å². The summed E-state index contributed by atoms with van der Waals surface area (Å²) in [6, 6.07) is 0.284. The Hall–Kier alpha value is -1.44. The summed E-state index contributed by atoms with van der Waals surface area (Å²) in [6.07, 6.45) is 2.27. The van der Waals surface area contributed by atoms with Crippen molar-refractivity contribution in [3.63, 3.8) is 0 Å². The van der Waals surface area contributed by atoms with Crippen LogP contribution in [0.3, 0.4) is 0 Å². The molecule has 18 heavy (non-hydrogen) atoms. The Morgan fingerprint density at radius 1 is 1.11 bits per heavy atom. The van der Waals surface area contributed by atoms with Gasteiger partial charge in [-0.05, 0) is 47.1 Å². The van der Waals surface area contributed by atoms with E-state index in [9.17, 15) is 0 Å². The van der Waals surface area contributed by atoms with E-state index in [1.807, 2.05) is 13.8 Å². The zero-order chi connectivity index (χ0) is 14.5. The molecule has 0 aromatic carbocycles. The first kappa shape index (κ1) is 16.6. The Bertz CT molecular complexity index is 382. The van der Waals surface area contributed by atoms with Gasteiger partial charge in [-0.3, -0.25) is 0 Å². The molecule has 0 saturated carbocycles. The Morgan fingerprint density at radius 2 is 1.61 bits per heavy atom. The molecule has 0 fully saturated rings. The van der Waals surface area contributed by atoms with Crippen LogP contribution in [0.5, 0.6) is 0 Å². The van der Waals surface area contributed by atoms with Crippen LogP contribution in [0.15, 0.2) is 47.3 Å². The van der Waals surface area contributed by atoms with Gasteiger partial charge >= 0.3 is 0 Å². The minimum absolute atomic E-state index is 0.284. The minimum Gasteiger partial charge on any atom is -0.399 e. The van der Waals surface area contributed by atoms with Gasteiger partial charge in [0.1, 0.15) is 0 Å². The number of nitrogens with one attached hydrogen (secondary N) is 1. The summed E-state index contributed by atoms with van der Waals surface area (Å²) in [5.74, 6) is 0.298. The maximum Gasteiger partial charge on any atom is 0.0329 e. The highest BCUT2D eigenvalue weighted by Gasteiger charge is 2.18. The van der Waals surface area contributed by atoms with Crippen LogP contribution in [-0.2, 0) is 0 Å². The molecule has 2 unspecified atom stereocenters. The number of allylic oxidation sites excluding steroid dienone is 3. The number of rotatable bonds is 6. The fourth-order valence-electron chi connectivity index (χ4n) is 1.99. The van der Waals surface area contributed by atoms with E-state index in [2.05, 4.69) is 52.2 Å². The summed E-state index contributed by atoms with van der Waals surface area (Å²) in [5, 5.41) is 3.38. The lowest BCUT2D eigenvalue weighted by Crippen LogP contribution is -2.32. The van der Waals surface area contributed by atoms with Crippen LogP contribution in [0.2, 0.25) is 0 Å². The predicted octanol–water partition coefficient (Wildman–Crippen LogP) is 3.89. The van der Waals surface area contributed by atoms with Crippen LogP contribution in [0.1, 0.15) is 41.5 Å². The normalized spacial score (nSPS) is 15.2. The van der Waals surface area contributed by atoms with E-state index in [-0.39, 0.29) is 6.04 Å². The van der Waals surface area contributed by atoms with E-state index in [1.54, 1.807) is 0 Å². The summed E-state index contributed by atoms with van der Waals surface area (Å²) in [7, 11) is 0. The second-order valence-electron chi connectivity index (χ2n) is 5.32. The van der Waals surface area contributed by atoms with Crippen LogP contribution in [0.4, 0.5) is 0 Å². The van der Waals surface area contributed by atoms with Gasteiger partial charge in [-0.2, -0.15) is 0 Å². The molecule has 3 N–H and O–H groups in total. The maximum absolute atomic E-state index is 5.80. The first-order valence-electron chi connectivity index (χ1n) is 6.36. The van der Waals surface area contributed by atoms with E-state index < -0.39 is 0 Å². The van der Waals surface area contributed by atoms with Gasteiger partial charge in [-0.1, -0.05) is 30.4 Å². The quantitative estimate of drug-likeness (QED) is 0.553. The van der Waals surface area contributed by atoms with Gasteiger partial charge in [0.2, 0.25) is 0 Å². The van der Waals surface area contributed by atoms with Gasteiger partial charge in [0.05, 0.1) is 0 Å². The molecule has 0 spiro atoms. The minimum atomic E-state index is 0.284. The smallest absolute Gasteiger partial charge is 0.0329 e. The van der Waals surface area contributed by atoms with Crippen LogP contribution in [0, 0.1) is 5.92 Å². The van der Waals surface area contributed by atoms with E-state index in [0.717, 1.165) is 11.3 Å². The molecule has 0 rings (SSSR count). The zero-order valence-electron chi connectivity index (χ0n) is 12.7. The summed E-state index contributed by atoms with van der Waals surface area (Å²) in [5.41, 5.74) is 11.0. The highest BCUT2D eigenvalue weighted by molar-refractivity contribution is 5.32. The Labute approximate surface area is 112 Å². The van der Waals surface area contributed by atoms with Gasteiger partial charge < -0.3 is 11.1 Å². The third-order valence-electron chi connectivity index (χ3n) is 3.10. The van der Waals surface area contributed by atoms with Gasteiger partial charge in [0.15, 0.2) is 0 Å². The van der Waals surface area contributed by atoms with Crippen LogP contribution in [0.25, 0.3) is 0 Å². The Morgan fingerprint density at radius 3 is 1.94 bits per heavy atom. The molecule has 0 aliphatic heterocycles. The molecule has 0 bridgehead atoms. The fourth-order valence-corrected chi connectivity index (χ4v) is 1.99. The summed E-state index contributed by atoms with van der Waals surface area (Å²) < 4.78 is 0. The fraction of sp³-hybridized carbons (Fsp3) is 0.500. The van der Waals surface area contributed by atoms with Crippen molar-refractivity contribution < 1.29 is 0 Å². The summed E-state index contributed by atoms with van der Waals surface area (Å²) >= 11 is 0. The second-order valence-corrected chi connectivity index (χ2v) is 5.32. The van der Waals surface area contributed by atoms with Gasteiger partial charge in [-0.25, -0.2) is 0 Å². The maximum atomic E-state index is 5.80. The molecule has 0 heterocycles. The number of hydrogen-bond acceptors (Lipinski definition) is 2. The molecule has 0 radical (unpaired) electrons. The molecular formula is C16H28N2. The predicted molar refractivity (Wildman–Crippen MR) is 82.0 cm³/mol. The second kappa shape index (κ2) is 7.10. The lowest BCUT2D eigenvalue weighted by atomic mass is 9.87. The van der Waals surface area contributed by atoms with Crippen molar-refractivity contribution in [2.45, 2.75) is 47.6 Å². The molecule has 0 amide bonds.